The predicted octanol–water partition coefficient (Wildman–Crippen LogP) is 3.19. The fourth-order valence-corrected chi connectivity index (χ4v) is 2.43. The van der Waals surface area contributed by atoms with Crippen LogP contribution in [0.5, 0.6) is 11.5 Å². The van der Waals surface area contributed by atoms with Gasteiger partial charge in [0.25, 0.3) is 11.8 Å². The lowest BCUT2D eigenvalue weighted by Crippen LogP contribution is -2.34. The second kappa shape index (κ2) is 6.92. The largest absolute Gasteiger partial charge is 0.484 e. The Morgan fingerprint density at radius 3 is 2.79 bits per heavy atom. The van der Waals surface area contributed by atoms with Crippen LogP contribution in [0.4, 0.5) is 11.4 Å². The molecule has 2 aromatic rings. The first-order valence-electron chi connectivity index (χ1n) is 7.31. The van der Waals surface area contributed by atoms with Crippen LogP contribution in [0.2, 0.25) is 0 Å². The number of anilines is 2. The highest BCUT2D eigenvalue weighted by Gasteiger charge is 2.23. The molecule has 1 heterocycles. The molecule has 0 unspecified atom stereocenters. The first kappa shape index (κ1) is 16.3. The van der Waals surface area contributed by atoms with Crippen molar-refractivity contribution in [3.63, 3.8) is 0 Å². The van der Waals surface area contributed by atoms with Crippen LogP contribution in [0.25, 0.3) is 0 Å². The maximum atomic E-state index is 12.0. The second-order valence-electron chi connectivity index (χ2n) is 5.25. The highest BCUT2D eigenvalue weighted by molar-refractivity contribution is 9.10. The van der Waals surface area contributed by atoms with E-state index in [0.717, 1.165) is 4.47 Å². The molecule has 0 spiro atoms. The van der Waals surface area contributed by atoms with Crippen molar-refractivity contribution in [2.45, 2.75) is 13.0 Å². The van der Waals surface area contributed by atoms with Crippen molar-refractivity contribution in [1.29, 1.82) is 0 Å². The molecule has 0 aliphatic carbocycles. The number of hydrogen-bond acceptors (Lipinski definition) is 4. The number of halogens is 1. The van der Waals surface area contributed by atoms with Crippen LogP contribution < -0.4 is 20.1 Å². The standard InChI is InChI=1S/C17H15BrN2O4/c1-10-17(22)20-14-8-12(4-7-15(14)24-10)19-16(21)9-23-13-5-2-11(18)3-6-13/h2-8,10H,9H2,1H3,(H,19,21)(H,20,22)/t10-/m0/s1. The SMILES string of the molecule is C[C@@H]1Oc2ccc(NC(=O)COc3ccc(Br)cc3)cc2NC1=O. The minimum absolute atomic E-state index is 0.112. The third kappa shape index (κ3) is 3.86. The fourth-order valence-electron chi connectivity index (χ4n) is 2.16. The molecule has 2 aromatic carbocycles. The van der Waals surface area contributed by atoms with Gasteiger partial charge in [0.05, 0.1) is 5.69 Å². The molecule has 0 saturated carbocycles. The molecule has 0 aromatic heterocycles. The average Bonchev–Trinajstić information content (AvgIpc) is 2.56. The summed E-state index contributed by atoms with van der Waals surface area (Å²) in [7, 11) is 0. The average molecular weight is 391 g/mol. The summed E-state index contributed by atoms with van der Waals surface area (Å²) in [4.78, 5) is 23.6. The number of carbonyl (C=O) groups excluding carboxylic acids is 2. The molecular weight excluding hydrogens is 376 g/mol. The molecule has 0 bridgehead atoms. The van der Waals surface area contributed by atoms with E-state index in [9.17, 15) is 9.59 Å². The van der Waals surface area contributed by atoms with E-state index in [4.69, 9.17) is 9.47 Å². The summed E-state index contributed by atoms with van der Waals surface area (Å²) in [6.45, 7) is 1.56. The smallest absolute Gasteiger partial charge is 0.265 e. The molecule has 1 atom stereocenters. The van der Waals surface area contributed by atoms with Gasteiger partial charge in [-0.2, -0.15) is 0 Å². The van der Waals surface area contributed by atoms with E-state index in [2.05, 4.69) is 26.6 Å². The number of benzene rings is 2. The van der Waals surface area contributed by atoms with E-state index in [1.807, 2.05) is 12.1 Å². The molecule has 0 fully saturated rings. The third-order valence-electron chi connectivity index (χ3n) is 3.38. The van der Waals surface area contributed by atoms with Crippen LogP contribution in [-0.4, -0.2) is 24.5 Å². The quantitative estimate of drug-likeness (QED) is 0.840. The molecule has 2 amide bonds. The monoisotopic (exact) mass is 390 g/mol. The zero-order chi connectivity index (χ0) is 17.1. The first-order valence-corrected chi connectivity index (χ1v) is 8.10. The topological polar surface area (TPSA) is 76.7 Å². The Balaban J connectivity index is 1.59. The number of rotatable bonds is 4. The molecule has 0 saturated heterocycles. The number of ether oxygens (including phenoxy) is 2. The summed E-state index contributed by atoms with van der Waals surface area (Å²) in [5.74, 6) is 0.665. The van der Waals surface area contributed by atoms with Gasteiger partial charge in [-0.25, -0.2) is 0 Å². The van der Waals surface area contributed by atoms with Gasteiger partial charge in [0.15, 0.2) is 12.7 Å². The molecule has 2 N–H and O–H groups in total. The van der Waals surface area contributed by atoms with Crippen LogP contribution in [0.15, 0.2) is 46.9 Å². The Labute approximate surface area is 147 Å². The summed E-state index contributed by atoms with van der Waals surface area (Å²) in [6, 6.07) is 12.3. The van der Waals surface area contributed by atoms with Crippen molar-refractivity contribution >= 4 is 39.1 Å². The number of amides is 2. The minimum atomic E-state index is -0.530. The Bertz CT molecular complexity index is 777. The summed E-state index contributed by atoms with van der Waals surface area (Å²) in [5.41, 5.74) is 1.08. The van der Waals surface area contributed by atoms with Crippen LogP contribution in [0.3, 0.4) is 0 Å². The Morgan fingerprint density at radius 1 is 1.29 bits per heavy atom. The molecule has 6 nitrogen and oxygen atoms in total. The molecule has 1 aliphatic rings. The van der Waals surface area contributed by atoms with Crippen molar-refractivity contribution in [1.82, 2.24) is 0 Å². The Morgan fingerprint density at radius 2 is 2.04 bits per heavy atom. The lowest BCUT2D eigenvalue weighted by atomic mass is 10.2. The van der Waals surface area contributed by atoms with Crippen LogP contribution in [-0.2, 0) is 9.59 Å². The number of hydrogen-bond donors (Lipinski definition) is 2. The summed E-state index contributed by atoms with van der Waals surface area (Å²) in [6.07, 6.45) is -0.530. The van der Waals surface area contributed by atoms with E-state index in [1.54, 1.807) is 37.3 Å². The summed E-state index contributed by atoms with van der Waals surface area (Å²) < 4.78 is 11.8. The Kier molecular flexibility index (Phi) is 4.71. The molecule has 3 rings (SSSR count). The minimum Gasteiger partial charge on any atom is -0.484 e. The van der Waals surface area contributed by atoms with E-state index in [0.29, 0.717) is 22.9 Å². The zero-order valence-electron chi connectivity index (χ0n) is 12.8. The van der Waals surface area contributed by atoms with E-state index >= 15 is 0 Å². The Hall–Kier alpha value is -2.54. The van der Waals surface area contributed by atoms with Crippen molar-refractivity contribution in [2.24, 2.45) is 0 Å². The number of nitrogens with one attached hydrogen (secondary N) is 2. The van der Waals surface area contributed by atoms with Gasteiger partial charge in [-0.3, -0.25) is 9.59 Å². The predicted molar refractivity (Wildman–Crippen MR) is 93.4 cm³/mol. The van der Waals surface area contributed by atoms with Crippen LogP contribution in [0, 0.1) is 0 Å². The summed E-state index contributed by atoms with van der Waals surface area (Å²) >= 11 is 3.33. The lowest BCUT2D eigenvalue weighted by Gasteiger charge is -2.23. The molecular formula is C17H15BrN2O4. The highest BCUT2D eigenvalue weighted by Crippen LogP contribution is 2.32. The normalized spacial score (nSPS) is 15.8. The summed E-state index contributed by atoms with van der Waals surface area (Å²) in [5, 5.41) is 5.46. The van der Waals surface area contributed by atoms with Gasteiger partial charge < -0.3 is 20.1 Å². The maximum absolute atomic E-state index is 12.0. The zero-order valence-corrected chi connectivity index (χ0v) is 14.4. The van der Waals surface area contributed by atoms with Gasteiger partial charge in [-0.05, 0) is 49.4 Å². The fraction of sp³-hybridized carbons (Fsp3) is 0.176. The molecule has 24 heavy (non-hydrogen) atoms. The van der Waals surface area contributed by atoms with E-state index in [-0.39, 0.29) is 18.4 Å². The van der Waals surface area contributed by atoms with Gasteiger partial charge >= 0.3 is 0 Å². The van der Waals surface area contributed by atoms with Gasteiger partial charge in [0.1, 0.15) is 11.5 Å². The van der Waals surface area contributed by atoms with Crippen molar-refractivity contribution in [2.75, 3.05) is 17.2 Å². The molecule has 1 aliphatic heterocycles. The number of fused-ring (bicyclic) bond motifs is 1. The molecule has 0 radical (unpaired) electrons. The highest BCUT2D eigenvalue weighted by atomic mass is 79.9. The first-order chi connectivity index (χ1) is 11.5. The molecule has 7 heteroatoms. The van der Waals surface area contributed by atoms with Gasteiger partial charge in [-0.15, -0.1) is 0 Å². The third-order valence-corrected chi connectivity index (χ3v) is 3.91. The van der Waals surface area contributed by atoms with Gasteiger partial charge in [0, 0.05) is 10.2 Å². The maximum Gasteiger partial charge on any atom is 0.265 e. The number of carbonyl (C=O) groups is 2. The van der Waals surface area contributed by atoms with Crippen molar-refractivity contribution in [3.05, 3.63) is 46.9 Å². The lowest BCUT2D eigenvalue weighted by molar-refractivity contribution is -0.122. The van der Waals surface area contributed by atoms with E-state index in [1.165, 1.54) is 0 Å². The van der Waals surface area contributed by atoms with Crippen LogP contribution in [0.1, 0.15) is 6.92 Å². The van der Waals surface area contributed by atoms with Crippen molar-refractivity contribution in [3.8, 4) is 11.5 Å². The van der Waals surface area contributed by atoms with Gasteiger partial charge in [-0.1, -0.05) is 15.9 Å². The van der Waals surface area contributed by atoms with Crippen LogP contribution >= 0.6 is 15.9 Å². The van der Waals surface area contributed by atoms with Gasteiger partial charge in [0.2, 0.25) is 0 Å². The van der Waals surface area contributed by atoms with E-state index < -0.39 is 6.10 Å². The van der Waals surface area contributed by atoms with Crippen molar-refractivity contribution < 1.29 is 19.1 Å². The second-order valence-corrected chi connectivity index (χ2v) is 6.17. The molecule has 124 valence electrons.